The Morgan fingerprint density at radius 2 is 2.00 bits per heavy atom. The minimum absolute atomic E-state index is 0.184. The van der Waals surface area contributed by atoms with Gasteiger partial charge in [0.25, 0.3) is 5.91 Å². The SMILES string of the molecule is CCCOc1c(Cl)cc(C(=O)N2CCN(S(=O)(=O)c3c[nH]c4ncccc34)CC2)cc1OC. The second kappa shape index (κ2) is 9.58. The summed E-state index contributed by atoms with van der Waals surface area (Å²) in [5.41, 5.74) is 0.877. The fourth-order valence-corrected chi connectivity index (χ4v) is 5.62. The van der Waals surface area contributed by atoms with Crippen LogP contribution in [-0.4, -0.2) is 73.4 Å². The zero-order valence-electron chi connectivity index (χ0n) is 18.4. The number of benzene rings is 1. The van der Waals surface area contributed by atoms with Crippen molar-refractivity contribution in [1.29, 1.82) is 0 Å². The van der Waals surface area contributed by atoms with E-state index in [9.17, 15) is 13.2 Å². The third-order valence-electron chi connectivity index (χ3n) is 5.48. The van der Waals surface area contributed by atoms with Crippen molar-refractivity contribution in [3.8, 4) is 11.5 Å². The van der Waals surface area contributed by atoms with Gasteiger partial charge in [-0.05, 0) is 30.7 Å². The molecule has 0 bridgehead atoms. The van der Waals surface area contributed by atoms with Gasteiger partial charge in [0.15, 0.2) is 11.5 Å². The maximum Gasteiger partial charge on any atom is 0.254 e. The van der Waals surface area contributed by atoms with Crippen molar-refractivity contribution in [1.82, 2.24) is 19.2 Å². The van der Waals surface area contributed by atoms with Crippen molar-refractivity contribution in [3.63, 3.8) is 0 Å². The zero-order chi connectivity index (χ0) is 23.6. The Bertz CT molecular complexity index is 1270. The molecule has 9 nitrogen and oxygen atoms in total. The lowest BCUT2D eigenvalue weighted by atomic mass is 10.1. The summed E-state index contributed by atoms with van der Waals surface area (Å²) in [5.74, 6) is 0.542. The van der Waals surface area contributed by atoms with Gasteiger partial charge in [0.2, 0.25) is 10.0 Å². The molecule has 0 atom stereocenters. The van der Waals surface area contributed by atoms with Crippen molar-refractivity contribution >= 4 is 38.6 Å². The third kappa shape index (κ3) is 4.50. The number of nitrogens with zero attached hydrogens (tertiary/aromatic N) is 3. The van der Waals surface area contributed by atoms with Crippen LogP contribution in [0.1, 0.15) is 23.7 Å². The summed E-state index contributed by atoms with van der Waals surface area (Å²) >= 11 is 6.35. The molecule has 3 heterocycles. The van der Waals surface area contributed by atoms with Crippen molar-refractivity contribution in [2.45, 2.75) is 18.2 Å². The molecule has 2 aromatic heterocycles. The maximum absolute atomic E-state index is 13.2. The first-order chi connectivity index (χ1) is 15.9. The lowest BCUT2D eigenvalue weighted by Crippen LogP contribution is -2.50. The topological polar surface area (TPSA) is 105 Å². The lowest BCUT2D eigenvalue weighted by molar-refractivity contribution is 0.0697. The summed E-state index contributed by atoms with van der Waals surface area (Å²) in [6, 6.07) is 6.57. The van der Waals surface area contributed by atoms with Gasteiger partial charge in [0.05, 0.1) is 18.7 Å². The predicted octanol–water partition coefficient (Wildman–Crippen LogP) is 3.16. The van der Waals surface area contributed by atoms with E-state index in [0.29, 0.717) is 39.7 Å². The Morgan fingerprint density at radius 1 is 1.24 bits per heavy atom. The van der Waals surface area contributed by atoms with Crippen LogP contribution >= 0.6 is 11.6 Å². The first-order valence-corrected chi connectivity index (χ1v) is 12.4. The molecule has 1 aliphatic heterocycles. The van der Waals surface area contributed by atoms with Gasteiger partial charge in [-0.1, -0.05) is 18.5 Å². The van der Waals surface area contributed by atoms with E-state index in [-0.39, 0.29) is 37.0 Å². The number of fused-ring (bicyclic) bond motifs is 1. The minimum atomic E-state index is -3.72. The number of ether oxygens (including phenoxy) is 2. The molecule has 1 fully saturated rings. The van der Waals surface area contributed by atoms with Gasteiger partial charge in [-0.3, -0.25) is 4.79 Å². The van der Waals surface area contributed by atoms with Gasteiger partial charge in [-0.2, -0.15) is 4.31 Å². The Kier molecular flexibility index (Phi) is 6.78. The highest BCUT2D eigenvalue weighted by molar-refractivity contribution is 7.89. The number of halogens is 1. The molecular weight excluding hydrogens is 468 g/mol. The van der Waals surface area contributed by atoms with Crippen LogP contribution in [0.2, 0.25) is 5.02 Å². The van der Waals surface area contributed by atoms with Crippen LogP contribution in [0, 0.1) is 0 Å². The van der Waals surface area contributed by atoms with Crippen LogP contribution in [-0.2, 0) is 10.0 Å². The van der Waals surface area contributed by atoms with E-state index in [0.717, 1.165) is 6.42 Å². The van der Waals surface area contributed by atoms with Gasteiger partial charge in [-0.15, -0.1) is 0 Å². The number of aromatic nitrogens is 2. The van der Waals surface area contributed by atoms with E-state index in [1.54, 1.807) is 35.4 Å². The second-order valence-electron chi connectivity index (χ2n) is 7.59. The van der Waals surface area contributed by atoms with E-state index in [2.05, 4.69) is 9.97 Å². The highest BCUT2D eigenvalue weighted by atomic mass is 35.5. The summed E-state index contributed by atoms with van der Waals surface area (Å²) in [7, 11) is -2.24. The number of nitrogens with one attached hydrogen (secondary N) is 1. The molecule has 176 valence electrons. The Hall–Kier alpha value is -2.82. The van der Waals surface area contributed by atoms with E-state index < -0.39 is 10.0 Å². The molecule has 0 saturated carbocycles. The monoisotopic (exact) mass is 492 g/mol. The number of carbonyl (C=O) groups is 1. The molecule has 1 aliphatic rings. The fourth-order valence-electron chi connectivity index (χ4n) is 3.78. The van der Waals surface area contributed by atoms with E-state index in [1.165, 1.54) is 17.6 Å². The van der Waals surface area contributed by atoms with Crippen LogP contribution in [0.3, 0.4) is 0 Å². The van der Waals surface area contributed by atoms with Gasteiger partial charge in [0, 0.05) is 49.5 Å². The van der Waals surface area contributed by atoms with Crippen LogP contribution in [0.25, 0.3) is 11.0 Å². The highest BCUT2D eigenvalue weighted by Gasteiger charge is 2.32. The molecule has 0 spiro atoms. The molecule has 1 saturated heterocycles. The number of amides is 1. The molecular formula is C22H25ClN4O5S. The summed E-state index contributed by atoms with van der Waals surface area (Å²) in [4.78, 5) is 21.9. The Morgan fingerprint density at radius 3 is 2.70 bits per heavy atom. The highest BCUT2D eigenvalue weighted by Crippen LogP contribution is 2.37. The minimum Gasteiger partial charge on any atom is -0.493 e. The van der Waals surface area contributed by atoms with Crippen molar-refractivity contribution in [2.75, 3.05) is 39.9 Å². The number of hydrogen-bond donors (Lipinski definition) is 1. The number of H-pyrrole nitrogens is 1. The standard InChI is InChI=1S/C22H25ClN4O5S/c1-3-11-32-20-17(23)12-15(13-18(20)31-2)22(28)26-7-9-27(10-8-26)33(29,30)19-14-25-21-16(19)5-4-6-24-21/h4-6,12-14H,3,7-11H2,1-2H3,(H,24,25). The van der Waals surface area contributed by atoms with E-state index in [1.807, 2.05) is 6.92 Å². The smallest absolute Gasteiger partial charge is 0.254 e. The van der Waals surface area contributed by atoms with Gasteiger partial charge >= 0.3 is 0 Å². The summed E-state index contributed by atoms with van der Waals surface area (Å²) in [5, 5.41) is 0.837. The number of hydrogen-bond acceptors (Lipinski definition) is 6. The first-order valence-electron chi connectivity index (χ1n) is 10.6. The molecule has 0 aliphatic carbocycles. The molecule has 3 aromatic rings. The Labute approximate surface area is 197 Å². The lowest BCUT2D eigenvalue weighted by Gasteiger charge is -2.34. The molecule has 11 heteroatoms. The molecule has 1 N–H and O–H groups in total. The number of carbonyl (C=O) groups excluding carboxylic acids is 1. The van der Waals surface area contributed by atoms with Crippen molar-refractivity contribution in [2.24, 2.45) is 0 Å². The third-order valence-corrected chi connectivity index (χ3v) is 7.70. The van der Waals surface area contributed by atoms with Gasteiger partial charge in [0.1, 0.15) is 10.5 Å². The quantitative estimate of drug-likeness (QED) is 0.543. The number of rotatable bonds is 7. The molecule has 4 rings (SSSR count). The maximum atomic E-state index is 13.2. The summed E-state index contributed by atoms with van der Waals surface area (Å²) in [6.07, 6.45) is 3.87. The van der Waals surface area contributed by atoms with Crippen molar-refractivity contribution < 1.29 is 22.7 Å². The average molecular weight is 493 g/mol. The normalized spacial score (nSPS) is 15.1. The van der Waals surface area contributed by atoms with Crippen molar-refractivity contribution in [3.05, 3.63) is 47.2 Å². The van der Waals surface area contributed by atoms with Gasteiger partial charge < -0.3 is 19.4 Å². The number of sulfonamides is 1. The molecule has 33 heavy (non-hydrogen) atoms. The summed E-state index contributed by atoms with van der Waals surface area (Å²) < 4.78 is 38.8. The summed E-state index contributed by atoms with van der Waals surface area (Å²) in [6.45, 7) is 3.34. The van der Waals surface area contributed by atoms with Crippen LogP contribution in [0.5, 0.6) is 11.5 Å². The fraction of sp³-hybridized carbons (Fsp3) is 0.364. The van der Waals surface area contributed by atoms with E-state index >= 15 is 0 Å². The number of pyridine rings is 1. The second-order valence-corrected chi connectivity index (χ2v) is 9.90. The predicted molar refractivity (Wildman–Crippen MR) is 125 cm³/mol. The van der Waals surface area contributed by atoms with Crippen LogP contribution in [0.15, 0.2) is 41.6 Å². The zero-order valence-corrected chi connectivity index (χ0v) is 19.9. The molecule has 0 radical (unpaired) electrons. The molecule has 1 aromatic carbocycles. The van der Waals surface area contributed by atoms with Crippen LogP contribution < -0.4 is 9.47 Å². The first kappa shape index (κ1) is 23.3. The molecule has 0 unspecified atom stereocenters. The average Bonchev–Trinajstić information content (AvgIpc) is 3.27. The van der Waals surface area contributed by atoms with Gasteiger partial charge in [-0.25, -0.2) is 13.4 Å². The van der Waals surface area contributed by atoms with E-state index in [4.69, 9.17) is 21.1 Å². The largest absolute Gasteiger partial charge is 0.493 e. The number of aromatic amines is 1. The molecule has 1 amide bonds. The van der Waals surface area contributed by atoms with Crippen LogP contribution in [0.4, 0.5) is 0 Å². The number of methoxy groups -OCH3 is 1. The Balaban J connectivity index is 1.49. The number of piperazine rings is 1.